The van der Waals surface area contributed by atoms with E-state index < -0.39 is 0 Å². The molecule has 1 aromatic heterocycles. The molecule has 0 amide bonds. The zero-order chi connectivity index (χ0) is 10.1. The summed E-state index contributed by atoms with van der Waals surface area (Å²) in [4.78, 5) is 0. The summed E-state index contributed by atoms with van der Waals surface area (Å²) in [5, 5.41) is 4.37. The summed E-state index contributed by atoms with van der Waals surface area (Å²) >= 11 is 0. The van der Waals surface area contributed by atoms with Crippen LogP contribution in [0.4, 0.5) is 0 Å². The zero-order valence-corrected chi connectivity index (χ0v) is 8.85. The molecule has 1 heterocycles. The van der Waals surface area contributed by atoms with Crippen molar-refractivity contribution in [3.05, 3.63) is 35.1 Å². The molecule has 0 aliphatic heterocycles. The van der Waals surface area contributed by atoms with Crippen LogP contribution in [0.1, 0.15) is 16.7 Å². The number of hydrogen-bond donors (Lipinski definition) is 1. The van der Waals surface area contributed by atoms with Crippen LogP contribution in [-0.2, 0) is 6.54 Å². The Hall–Kier alpha value is -1.28. The number of aryl methyl sites for hydroxylation is 2. The largest absolute Gasteiger partial charge is 0.464 e. The highest BCUT2D eigenvalue weighted by Gasteiger charge is 2.07. The van der Waals surface area contributed by atoms with Crippen LogP contribution < -0.4 is 5.32 Å². The minimum Gasteiger partial charge on any atom is -0.464 e. The molecule has 0 fully saturated rings. The van der Waals surface area contributed by atoms with Crippen LogP contribution in [0, 0.1) is 13.8 Å². The smallest absolute Gasteiger partial charge is 0.137 e. The molecule has 0 saturated carbocycles. The van der Waals surface area contributed by atoms with E-state index in [1.54, 1.807) is 0 Å². The maximum atomic E-state index is 5.55. The average molecular weight is 189 g/mol. The third kappa shape index (κ3) is 1.42. The first-order chi connectivity index (χ1) is 6.72. The van der Waals surface area contributed by atoms with Crippen molar-refractivity contribution in [1.82, 2.24) is 5.32 Å². The Bertz CT molecular complexity index is 457. The van der Waals surface area contributed by atoms with Gasteiger partial charge in [-0.3, -0.25) is 0 Å². The first-order valence-electron chi connectivity index (χ1n) is 4.84. The lowest BCUT2D eigenvalue weighted by atomic mass is 10.1. The van der Waals surface area contributed by atoms with Crippen molar-refractivity contribution >= 4 is 11.0 Å². The molecule has 0 atom stereocenters. The van der Waals surface area contributed by atoms with Crippen LogP contribution in [0.15, 0.2) is 22.8 Å². The van der Waals surface area contributed by atoms with Crippen LogP contribution in [-0.4, -0.2) is 7.05 Å². The van der Waals surface area contributed by atoms with Gasteiger partial charge in [0.2, 0.25) is 0 Å². The number of rotatable bonds is 2. The van der Waals surface area contributed by atoms with Crippen molar-refractivity contribution in [3.8, 4) is 0 Å². The number of hydrogen-bond acceptors (Lipinski definition) is 2. The van der Waals surface area contributed by atoms with Crippen LogP contribution in [0.25, 0.3) is 11.0 Å². The second-order valence-electron chi connectivity index (χ2n) is 3.75. The van der Waals surface area contributed by atoms with Crippen LogP contribution in [0.5, 0.6) is 0 Å². The summed E-state index contributed by atoms with van der Waals surface area (Å²) in [6.07, 6.45) is 1.84. The fraction of sp³-hybridized carbons (Fsp3) is 0.333. The summed E-state index contributed by atoms with van der Waals surface area (Å²) in [6.45, 7) is 5.06. The second-order valence-corrected chi connectivity index (χ2v) is 3.75. The van der Waals surface area contributed by atoms with Gasteiger partial charge in [0.05, 0.1) is 6.26 Å². The van der Waals surface area contributed by atoms with E-state index in [1.807, 2.05) is 13.3 Å². The Morgan fingerprint density at radius 1 is 1.29 bits per heavy atom. The van der Waals surface area contributed by atoms with E-state index in [-0.39, 0.29) is 0 Å². The fourth-order valence-electron chi connectivity index (χ4n) is 1.87. The normalized spacial score (nSPS) is 11.1. The van der Waals surface area contributed by atoms with E-state index in [1.165, 1.54) is 22.1 Å². The quantitative estimate of drug-likeness (QED) is 0.785. The molecule has 1 aromatic carbocycles. The SMILES string of the molecule is CNCc1coc2c(C)cc(C)cc12. The summed E-state index contributed by atoms with van der Waals surface area (Å²) < 4.78 is 5.55. The lowest BCUT2D eigenvalue weighted by Crippen LogP contribution is -2.03. The molecule has 74 valence electrons. The average Bonchev–Trinajstić information content (AvgIpc) is 2.49. The summed E-state index contributed by atoms with van der Waals surface area (Å²) in [7, 11) is 1.95. The maximum Gasteiger partial charge on any atom is 0.137 e. The molecule has 0 aliphatic carbocycles. The molecule has 1 N–H and O–H groups in total. The second kappa shape index (κ2) is 3.46. The molecule has 2 aromatic rings. The summed E-state index contributed by atoms with van der Waals surface area (Å²) in [5.74, 6) is 0. The third-order valence-corrected chi connectivity index (χ3v) is 2.45. The molecule has 0 bridgehead atoms. The monoisotopic (exact) mass is 189 g/mol. The predicted octanol–water partition coefficient (Wildman–Crippen LogP) is 2.77. The predicted molar refractivity (Wildman–Crippen MR) is 58.5 cm³/mol. The van der Waals surface area contributed by atoms with E-state index in [0.717, 1.165) is 12.1 Å². The van der Waals surface area contributed by atoms with Crippen molar-refractivity contribution in [2.24, 2.45) is 0 Å². The topological polar surface area (TPSA) is 25.2 Å². The lowest BCUT2D eigenvalue weighted by Gasteiger charge is -1.99. The van der Waals surface area contributed by atoms with Gasteiger partial charge < -0.3 is 9.73 Å². The van der Waals surface area contributed by atoms with Gasteiger partial charge in [-0.1, -0.05) is 6.07 Å². The molecule has 14 heavy (non-hydrogen) atoms. The van der Waals surface area contributed by atoms with Crippen molar-refractivity contribution in [3.63, 3.8) is 0 Å². The molecule has 0 saturated heterocycles. The number of benzene rings is 1. The van der Waals surface area contributed by atoms with Crippen LogP contribution >= 0.6 is 0 Å². The van der Waals surface area contributed by atoms with Gasteiger partial charge in [0.15, 0.2) is 0 Å². The van der Waals surface area contributed by atoms with Crippen LogP contribution in [0.2, 0.25) is 0 Å². The Morgan fingerprint density at radius 2 is 2.07 bits per heavy atom. The van der Waals surface area contributed by atoms with Gasteiger partial charge in [0, 0.05) is 17.5 Å². The highest BCUT2D eigenvalue weighted by atomic mass is 16.3. The van der Waals surface area contributed by atoms with E-state index in [0.29, 0.717) is 0 Å². The van der Waals surface area contributed by atoms with Crippen molar-refractivity contribution < 1.29 is 4.42 Å². The summed E-state index contributed by atoms with van der Waals surface area (Å²) in [5.41, 5.74) is 4.74. The van der Waals surface area contributed by atoms with Gasteiger partial charge >= 0.3 is 0 Å². The molecule has 2 rings (SSSR count). The Morgan fingerprint density at radius 3 is 2.79 bits per heavy atom. The Balaban J connectivity index is 2.66. The summed E-state index contributed by atoms with van der Waals surface area (Å²) in [6, 6.07) is 4.33. The molecule has 0 aliphatic rings. The highest BCUT2D eigenvalue weighted by molar-refractivity contribution is 5.84. The number of nitrogens with one attached hydrogen (secondary N) is 1. The van der Waals surface area contributed by atoms with E-state index in [2.05, 4.69) is 31.3 Å². The third-order valence-electron chi connectivity index (χ3n) is 2.45. The van der Waals surface area contributed by atoms with E-state index in [9.17, 15) is 0 Å². The van der Waals surface area contributed by atoms with E-state index >= 15 is 0 Å². The minimum absolute atomic E-state index is 0.857. The van der Waals surface area contributed by atoms with E-state index in [4.69, 9.17) is 4.42 Å². The van der Waals surface area contributed by atoms with Gasteiger partial charge in [-0.25, -0.2) is 0 Å². The van der Waals surface area contributed by atoms with Crippen molar-refractivity contribution in [2.75, 3.05) is 7.05 Å². The van der Waals surface area contributed by atoms with Gasteiger partial charge in [-0.15, -0.1) is 0 Å². The van der Waals surface area contributed by atoms with Crippen LogP contribution in [0.3, 0.4) is 0 Å². The van der Waals surface area contributed by atoms with Crippen molar-refractivity contribution in [2.45, 2.75) is 20.4 Å². The molecule has 2 nitrogen and oxygen atoms in total. The van der Waals surface area contributed by atoms with Gasteiger partial charge in [-0.2, -0.15) is 0 Å². The molecule has 0 radical (unpaired) electrons. The first kappa shape index (κ1) is 9.28. The molecule has 2 heteroatoms. The number of furan rings is 1. The highest BCUT2D eigenvalue weighted by Crippen LogP contribution is 2.25. The molecular formula is C12H15NO. The lowest BCUT2D eigenvalue weighted by molar-refractivity contribution is 0.605. The first-order valence-corrected chi connectivity index (χ1v) is 4.84. The van der Waals surface area contributed by atoms with Gasteiger partial charge in [-0.05, 0) is 38.1 Å². The Kier molecular flexibility index (Phi) is 2.30. The minimum atomic E-state index is 0.857. The number of fused-ring (bicyclic) bond motifs is 1. The zero-order valence-electron chi connectivity index (χ0n) is 8.85. The molecule has 0 spiro atoms. The maximum absolute atomic E-state index is 5.55. The van der Waals surface area contributed by atoms with Gasteiger partial charge in [0.25, 0.3) is 0 Å². The Labute approximate surface area is 83.9 Å². The fourth-order valence-corrected chi connectivity index (χ4v) is 1.87. The van der Waals surface area contributed by atoms with Gasteiger partial charge in [0.1, 0.15) is 5.58 Å². The van der Waals surface area contributed by atoms with Crippen molar-refractivity contribution in [1.29, 1.82) is 0 Å². The molecular weight excluding hydrogens is 174 g/mol. The molecule has 0 unspecified atom stereocenters. The standard InChI is InChI=1S/C12H15NO/c1-8-4-9(2)12-11(5-8)10(6-13-3)7-14-12/h4-5,7,13H,6H2,1-3H3.